The summed E-state index contributed by atoms with van der Waals surface area (Å²) >= 11 is 0. The quantitative estimate of drug-likeness (QED) is 0.174. The van der Waals surface area contributed by atoms with E-state index < -0.39 is 0 Å². The summed E-state index contributed by atoms with van der Waals surface area (Å²) in [7, 11) is 0. The van der Waals surface area contributed by atoms with E-state index in [-0.39, 0.29) is 30.9 Å². The summed E-state index contributed by atoms with van der Waals surface area (Å²) in [6.07, 6.45) is 6.25. The largest absolute Gasteiger partial charge is 0.304 e. The minimum Gasteiger partial charge on any atom is -0.304 e. The molecule has 0 aliphatic heterocycles. The van der Waals surface area contributed by atoms with E-state index in [0.29, 0.717) is 0 Å². The van der Waals surface area contributed by atoms with E-state index >= 15 is 0 Å². The van der Waals surface area contributed by atoms with Crippen LogP contribution in [-0.2, 0) is 30.9 Å². The fraction of sp³-hybridized carbons (Fsp3) is 0.263. The van der Waals surface area contributed by atoms with Crippen molar-refractivity contribution in [3.8, 4) is 33.6 Å². The van der Waals surface area contributed by atoms with Crippen LogP contribution in [0.2, 0.25) is 0 Å². The molecule has 211 valence electrons. The van der Waals surface area contributed by atoms with Gasteiger partial charge in [-0.25, -0.2) is 0 Å². The van der Waals surface area contributed by atoms with Gasteiger partial charge in [-0.3, -0.25) is 0 Å². The summed E-state index contributed by atoms with van der Waals surface area (Å²) in [4.78, 5) is 9.11. The molecule has 3 heteroatoms. The molecule has 0 amide bonds. The smallest absolute Gasteiger partial charge is 0.0242 e. The van der Waals surface area contributed by atoms with Crippen molar-refractivity contribution in [1.82, 2.24) is 9.97 Å². The van der Waals surface area contributed by atoms with Crippen molar-refractivity contribution >= 4 is 0 Å². The van der Waals surface area contributed by atoms with Crippen molar-refractivity contribution in [1.29, 1.82) is 0 Å². The van der Waals surface area contributed by atoms with Gasteiger partial charge in [0, 0.05) is 38.1 Å². The first-order valence-corrected chi connectivity index (χ1v) is 14.1. The molecule has 0 fully saturated rings. The summed E-state index contributed by atoms with van der Waals surface area (Å²) < 4.78 is 0. The Morgan fingerprint density at radius 2 is 1.39 bits per heavy atom. The molecule has 1 aliphatic rings. The Labute approximate surface area is 259 Å². The van der Waals surface area contributed by atoms with Gasteiger partial charge in [-0.2, -0.15) is 0 Å². The van der Waals surface area contributed by atoms with Gasteiger partial charge in [-0.05, 0) is 59.7 Å². The van der Waals surface area contributed by atoms with Crippen LogP contribution in [0.15, 0.2) is 97.3 Å². The number of fused-ring (bicyclic) bond motifs is 1. The molecule has 0 saturated heterocycles. The minimum atomic E-state index is 0. The molecule has 1 radical (unpaired) electrons. The van der Waals surface area contributed by atoms with Gasteiger partial charge in [0.25, 0.3) is 0 Å². The van der Waals surface area contributed by atoms with Crippen molar-refractivity contribution in [2.24, 2.45) is 0 Å². The molecule has 0 bridgehead atoms. The summed E-state index contributed by atoms with van der Waals surface area (Å²) in [5, 5.41) is 0. The van der Waals surface area contributed by atoms with Crippen LogP contribution in [0.4, 0.5) is 0 Å². The second-order valence-corrected chi connectivity index (χ2v) is 12.1. The molecule has 2 nitrogen and oxygen atoms in total. The van der Waals surface area contributed by atoms with Crippen LogP contribution in [0, 0.1) is 26.0 Å². The SMILES string of the molecule is Cc1cc(-c2[c-]cc3c(c2)C(C)(C)CCC3(C)C)ncc1-c1ccccc1.Cc1cccnc1-c1[c-]cccc1.[Ir]. The average Bonchev–Trinajstić information content (AvgIpc) is 2.97. The van der Waals surface area contributed by atoms with E-state index in [4.69, 9.17) is 4.98 Å². The van der Waals surface area contributed by atoms with Gasteiger partial charge in [0.15, 0.2) is 0 Å². The van der Waals surface area contributed by atoms with Crippen LogP contribution in [0.3, 0.4) is 0 Å². The topological polar surface area (TPSA) is 25.8 Å². The maximum Gasteiger partial charge on any atom is 0.0242 e. The van der Waals surface area contributed by atoms with E-state index in [0.717, 1.165) is 22.5 Å². The Bertz CT molecular complexity index is 1600. The van der Waals surface area contributed by atoms with Crippen molar-refractivity contribution in [3.63, 3.8) is 0 Å². The van der Waals surface area contributed by atoms with Gasteiger partial charge in [0.05, 0.1) is 0 Å². The maximum absolute atomic E-state index is 4.79. The number of hydrogen-bond acceptors (Lipinski definition) is 2. The molecule has 1 aliphatic carbocycles. The third kappa shape index (κ3) is 6.75. The molecule has 3 aromatic carbocycles. The average molecular weight is 715 g/mol. The van der Waals surface area contributed by atoms with Gasteiger partial charge in [0.1, 0.15) is 0 Å². The van der Waals surface area contributed by atoms with Gasteiger partial charge in [-0.15, -0.1) is 70.8 Å². The second-order valence-electron chi connectivity index (χ2n) is 12.1. The Morgan fingerprint density at radius 3 is 2.05 bits per heavy atom. The van der Waals surface area contributed by atoms with Crippen LogP contribution >= 0.6 is 0 Å². The standard InChI is InChI=1S/C26H28N.C12H10N.Ir/c1-18-15-24(27-17-21(18)19-9-7-6-8-10-19)20-11-12-22-23(16-20)26(4,5)14-13-25(22,2)3;1-10-6-5-9-13-12(10)11-7-3-2-4-8-11;/h6-10,12,15-17H,13-14H2,1-5H3;2-7,9H,1H3;/q2*-1;. The molecule has 41 heavy (non-hydrogen) atoms. The molecule has 0 saturated carbocycles. The van der Waals surface area contributed by atoms with Crippen LogP contribution in [0.5, 0.6) is 0 Å². The number of pyridine rings is 2. The monoisotopic (exact) mass is 715 g/mol. The molecule has 0 spiro atoms. The summed E-state index contributed by atoms with van der Waals surface area (Å²) in [5.41, 5.74) is 12.3. The predicted octanol–water partition coefficient (Wildman–Crippen LogP) is 9.73. The second kappa shape index (κ2) is 12.6. The molecule has 0 N–H and O–H groups in total. The number of hydrogen-bond donors (Lipinski definition) is 0. The molecule has 0 unspecified atom stereocenters. The minimum absolute atomic E-state index is 0. The Kier molecular flexibility index (Phi) is 9.42. The molecule has 5 aromatic rings. The third-order valence-corrected chi connectivity index (χ3v) is 8.23. The van der Waals surface area contributed by atoms with Crippen molar-refractivity contribution in [3.05, 3.63) is 132 Å². The number of benzene rings is 3. The molecular formula is C38H38IrN2-2. The molecule has 2 heterocycles. The molecular weight excluding hydrogens is 677 g/mol. The Balaban J connectivity index is 0.000000233. The zero-order valence-electron chi connectivity index (χ0n) is 24.9. The van der Waals surface area contributed by atoms with Crippen molar-refractivity contribution < 1.29 is 20.1 Å². The summed E-state index contributed by atoms with van der Waals surface area (Å²) in [5.74, 6) is 0. The van der Waals surface area contributed by atoms with Gasteiger partial charge in [-0.1, -0.05) is 82.1 Å². The van der Waals surface area contributed by atoms with Gasteiger partial charge < -0.3 is 9.97 Å². The number of nitrogens with zero attached hydrogens (tertiary/aromatic N) is 2. The molecule has 2 aromatic heterocycles. The fourth-order valence-corrected chi connectivity index (χ4v) is 5.59. The number of aromatic nitrogens is 2. The first-order valence-electron chi connectivity index (χ1n) is 14.1. The van der Waals surface area contributed by atoms with E-state index in [9.17, 15) is 0 Å². The fourth-order valence-electron chi connectivity index (χ4n) is 5.59. The third-order valence-electron chi connectivity index (χ3n) is 8.23. The first kappa shape index (κ1) is 30.6. The number of aryl methyl sites for hydroxylation is 2. The molecule has 0 atom stereocenters. The van der Waals surface area contributed by atoms with Crippen molar-refractivity contribution in [2.75, 3.05) is 0 Å². The van der Waals surface area contributed by atoms with Crippen LogP contribution in [-0.4, -0.2) is 9.97 Å². The van der Waals surface area contributed by atoms with Crippen LogP contribution in [0.1, 0.15) is 62.8 Å². The first-order chi connectivity index (χ1) is 19.2. The summed E-state index contributed by atoms with van der Waals surface area (Å²) in [6, 6.07) is 35.8. The zero-order chi connectivity index (χ0) is 28.3. The Hall–Kier alpha value is -3.39. The van der Waals surface area contributed by atoms with E-state index in [2.05, 4.69) is 107 Å². The number of rotatable bonds is 3. The summed E-state index contributed by atoms with van der Waals surface area (Å²) in [6.45, 7) is 13.7. The Morgan fingerprint density at radius 1 is 0.683 bits per heavy atom. The van der Waals surface area contributed by atoms with Crippen LogP contribution < -0.4 is 0 Å². The van der Waals surface area contributed by atoms with E-state index in [1.165, 1.54) is 46.2 Å². The van der Waals surface area contributed by atoms with Gasteiger partial charge >= 0.3 is 0 Å². The molecule has 6 rings (SSSR count). The van der Waals surface area contributed by atoms with Gasteiger partial charge in [0.2, 0.25) is 0 Å². The van der Waals surface area contributed by atoms with E-state index in [1.54, 1.807) is 0 Å². The van der Waals surface area contributed by atoms with Crippen LogP contribution in [0.25, 0.3) is 33.6 Å². The maximum atomic E-state index is 4.79. The predicted molar refractivity (Wildman–Crippen MR) is 167 cm³/mol. The van der Waals surface area contributed by atoms with E-state index in [1.807, 2.05) is 48.8 Å². The normalized spacial score (nSPS) is 14.6. The van der Waals surface area contributed by atoms with Crippen molar-refractivity contribution in [2.45, 2.75) is 65.2 Å². The zero-order valence-corrected chi connectivity index (χ0v) is 27.3.